The number of rotatable bonds is 5. The number of hydrogen-bond acceptors (Lipinski definition) is 3. The number of para-hydroxylation sites is 1. The van der Waals surface area contributed by atoms with Crippen molar-refractivity contribution in [2.24, 2.45) is 5.73 Å². The van der Waals surface area contributed by atoms with Crippen molar-refractivity contribution in [1.82, 2.24) is 0 Å². The summed E-state index contributed by atoms with van der Waals surface area (Å²) in [4.78, 5) is 22.3. The zero-order chi connectivity index (χ0) is 16.3. The summed E-state index contributed by atoms with van der Waals surface area (Å²) in [6, 6.07) is 10.1. The van der Waals surface area contributed by atoms with Gasteiger partial charge in [-0.15, -0.1) is 0 Å². The van der Waals surface area contributed by atoms with Crippen LogP contribution in [0.4, 0.5) is 4.39 Å². The number of hydrogen-bond donors (Lipinski definition) is 2. The van der Waals surface area contributed by atoms with E-state index in [4.69, 9.17) is 15.6 Å². The van der Waals surface area contributed by atoms with Crippen molar-refractivity contribution in [3.8, 4) is 5.75 Å². The van der Waals surface area contributed by atoms with E-state index < -0.39 is 29.4 Å². The van der Waals surface area contributed by atoms with Crippen LogP contribution < -0.4 is 10.5 Å². The summed E-state index contributed by atoms with van der Waals surface area (Å²) in [7, 11) is 0. The van der Waals surface area contributed by atoms with Gasteiger partial charge in [0.25, 0.3) is 5.91 Å². The van der Waals surface area contributed by atoms with Crippen LogP contribution in [0.1, 0.15) is 39.3 Å². The summed E-state index contributed by atoms with van der Waals surface area (Å²) in [6.07, 6.45) is -0.584. The largest absolute Gasteiger partial charge is 0.485 e. The number of ether oxygens (including phenoxy) is 1. The Labute approximate surface area is 126 Å². The van der Waals surface area contributed by atoms with E-state index >= 15 is 0 Å². The van der Waals surface area contributed by atoms with Crippen LogP contribution in [-0.4, -0.2) is 17.0 Å². The minimum absolute atomic E-state index is 0.218. The molecule has 0 aliphatic carbocycles. The molecule has 114 valence electrons. The molecule has 5 nitrogen and oxygen atoms in total. The Hall–Kier alpha value is -2.89. The highest BCUT2D eigenvalue weighted by Crippen LogP contribution is 2.26. The number of carbonyl (C=O) groups excluding carboxylic acids is 1. The molecule has 2 aromatic carbocycles. The fraction of sp³-hybridized carbons (Fsp3) is 0.125. The lowest BCUT2D eigenvalue weighted by molar-refractivity contribution is 0.0691. The number of nitrogens with two attached hydrogens (primary N) is 1. The molecule has 2 aromatic rings. The minimum atomic E-state index is -1.36. The Balaban J connectivity index is 2.30. The molecule has 0 radical (unpaired) electrons. The molecule has 2 rings (SSSR count). The molecule has 0 bridgehead atoms. The number of amides is 1. The molecule has 3 N–H and O–H groups in total. The predicted octanol–water partition coefficient (Wildman–Crippen LogP) is 2.76. The Morgan fingerprint density at radius 3 is 2.50 bits per heavy atom. The first-order chi connectivity index (χ1) is 10.4. The Morgan fingerprint density at radius 2 is 1.86 bits per heavy atom. The second-order valence-electron chi connectivity index (χ2n) is 4.66. The quantitative estimate of drug-likeness (QED) is 0.888. The van der Waals surface area contributed by atoms with E-state index in [2.05, 4.69) is 0 Å². The van der Waals surface area contributed by atoms with Crippen LogP contribution in [0.25, 0.3) is 0 Å². The summed E-state index contributed by atoms with van der Waals surface area (Å²) < 4.78 is 19.0. The molecule has 0 aliphatic heterocycles. The Kier molecular flexibility index (Phi) is 4.41. The minimum Gasteiger partial charge on any atom is -0.485 e. The van der Waals surface area contributed by atoms with Crippen molar-refractivity contribution >= 4 is 11.9 Å². The van der Waals surface area contributed by atoms with Crippen molar-refractivity contribution in [2.75, 3.05) is 0 Å². The summed E-state index contributed by atoms with van der Waals surface area (Å²) >= 11 is 0. The molecule has 0 saturated carbocycles. The van der Waals surface area contributed by atoms with E-state index in [0.717, 1.165) is 6.07 Å². The lowest BCUT2D eigenvalue weighted by Crippen LogP contribution is -2.14. The maximum Gasteiger partial charge on any atom is 0.338 e. The van der Waals surface area contributed by atoms with Gasteiger partial charge in [-0.3, -0.25) is 4.79 Å². The third-order valence-electron chi connectivity index (χ3n) is 3.15. The molecule has 0 heterocycles. The number of carbonyl (C=O) groups is 2. The maximum atomic E-state index is 13.4. The lowest BCUT2D eigenvalue weighted by atomic mass is 10.1. The van der Waals surface area contributed by atoms with E-state index in [1.54, 1.807) is 25.1 Å². The molecule has 0 saturated heterocycles. The molecule has 6 heteroatoms. The van der Waals surface area contributed by atoms with E-state index in [1.165, 1.54) is 18.2 Å². The summed E-state index contributed by atoms with van der Waals surface area (Å²) in [6.45, 7) is 1.66. The van der Waals surface area contributed by atoms with Crippen molar-refractivity contribution in [1.29, 1.82) is 0 Å². The smallest absolute Gasteiger partial charge is 0.338 e. The van der Waals surface area contributed by atoms with Crippen LogP contribution in [0.3, 0.4) is 0 Å². The van der Waals surface area contributed by atoms with Gasteiger partial charge in [-0.1, -0.05) is 18.2 Å². The van der Waals surface area contributed by atoms with Crippen LogP contribution in [-0.2, 0) is 0 Å². The van der Waals surface area contributed by atoms with Gasteiger partial charge in [-0.2, -0.15) is 0 Å². The van der Waals surface area contributed by atoms with Gasteiger partial charge >= 0.3 is 5.97 Å². The maximum absolute atomic E-state index is 13.4. The number of aromatic carboxylic acids is 1. The number of benzene rings is 2. The first kappa shape index (κ1) is 15.5. The Morgan fingerprint density at radius 1 is 1.18 bits per heavy atom. The third kappa shape index (κ3) is 3.22. The highest BCUT2D eigenvalue weighted by molar-refractivity contribution is 5.95. The molecule has 0 aromatic heterocycles. The normalized spacial score (nSPS) is 11.7. The number of primary amides is 1. The fourth-order valence-electron chi connectivity index (χ4n) is 1.99. The highest BCUT2D eigenvalue weighted by Gasteiger charge is 2.17. The number of carboxylic acid groups (broad SMARTS) is 1. The van der Waals surface area contributed by atoms with Crippen LogP contribution in [0.5, 0.6) is 5.75 Å². The number of halogens is 1. The van der Waals surface area contributed by atoms with Gasteiger partial charge in [0.1, 0.15) is 17.7 Å². The third-order valence-corrected chi connectivity index (χ3v) is 3.15. The van der Waals surface area contributed by atoms with Crippen molar-refractivity contribution < 1.29 is 23.8 Å². The Bertz CT molecular complexity index is 730. The fourth-order valence-corrected chi connectivity index (χ4v) is 1.99. The molecule has 0 aliphatic rings. The monoisotopic (exact) mass is 303 g/mol. The van der Waals surface area contributed by atoms with Gasteiger partial charge in [0.05, 0.1) is 11.1 Å². The molecule has 22 heavy (non-hydrogen) atoms. The zero-order valence-corrected chi connectivity index (χ0v) is 11.7. The van der Waals surface area contributed by atoms with Gasteiger partial charge < -0.3 is 15.6 Å². The second kappa shape index (κ2) is 6.26. The SMILES string of the molecule is CC(Oc1ccccc1C(N)=O)c1ccc(F)c(C(=O)O)c1. The first-order valence-corrected chi connectivity index (χ1v) is 6.48. The van der Waals surface area contributed by atoms with Crippen molar-refractivity contribution in [3.05, 3.63) is 65.0 Å². The summed E-state index contributed by atoms with van der Waals surface area (Å²) in [5.74, 6) is -2.53. The van der Waals surface area contributed by atoms with Crippen LogP contribution in [0.15, 0.2) is 42.5 Å². The molecule has 0 spiro atoms. The standard InChI is InChI=1S/C16H14FNO4/c1-9(10-6-7-13(17)12(8-10)16(20)21)22-14-5-3-2-4-11(14)15(18)19/h2-9H,1H3,(H2,18,19)(H,20,21). The van der Waals surface area contributed by atoms with E-state index in [1.807, 2.05) is 0 Å². The second-order valence-corrected chi connectivity index (χ2v) is 4.66. The lowest BCUT2D eigenvalue weighted by Gasteiger charge is -2.17. The molecule has 1 amide bonds. The average molecular weight is 303 g/mol. The van der Waals surface area contributed by atoms with Gasteiger partial charge in [0.2, 0.25) is 0 Å². The summed E-state index contributed by atoms with van der Waals surface area (Å²) in [5.41, 5.74) is 5.52. The molecule has 0 fully saturated rings. The van der Waals surface area contributed by atoms with Gasteiger partial charge in [0, 0.05) is 0 Å². The van der Waals surface area contributed by atoms with Crippen LogP contribution in [0.2, 0.25) is 0 Å². The van der Waals surface area contributed by atoms with Crippen molar-refractivity contribution in [2.45, 2.75) is 13.0 Å². The average Bonchev–Trinajstić information content (AvgIpc) is 2.47. The first-order valence-electron chi connectivity index (χ1n) is 6.48. The van der Waals surface area contributed by atoms with E-state index in [-0.39, 0.29) is 11.3 Å². The van der Waals surface area contributed by atoms with Crippen LogP contribution in [0, 0.1) is 5.82 Å². The molecular formula is C16H14FNO4. The zero-order valence-electron chi connectivity index (χ0n) is 11.7. The topological polar surface area (TPSA) is 89.6 Å². The van der Waals surface area contributed by atoms with Crippen molar-refractivity contribution in [3.63, 3.8) is 0 Å². The number of carboxylic acids is 1. The molecule has 1 unspecified atom stereocenters. The van der Waals surface area contributed by atoms with Crippen LogP contribution >= 0.6 is 0 Å². The highest BCUT2D eigenvalue weighted by atomic mass is 19.1. The van der Waals surface area contributed by atoms with Gasteiger partial charge in [-0.25, -0.2) is 9.18 Å². The van der Waals surface area contributed by atoms with E-state index in [0.29, 0.717) is 5.56 Å². The van der Waals surface area contributed by atoms with E-state index in [9.17, 15) is 14.0 Å². The summed E-state index contributed by atoms with van der Waals surface area (Å²) in [5, 5.41) is 8.94. The van der Waals surface area contributed by atoms with Gasteiger partial charge in [0.15, 0.2) is 0 Å². The molecular weight excluding hydrogens is 289 g/mol. The van der Waals surface area contributed by atoms with Gasteiger partial charge in [-0.05, 0) is 36.8 Å². The molecule has 1 atom stereocenters. The predicted molar refractivity (Wildman–Crippen MR) is 77.4 cm³/mol.